The molecular weight excluding hydrogens is 388 g/mol. The Labute approximate surface area is 183 Å². The summed E-state index contributed by atoms with van der Waals surface area (Å²) in [5.74, 6) is 1.40. The second kappa shape index (κ2) is 10.4. The minimum atomic E-state index is 0.0178. The largest absolute Gasteiger partial charge is 0.356 e. The fourth-order valence-corrected chi connectivity index (χ4v) is 4.15. The van der Waals surface area contributed by atoms with Gasteiger partial charge in [0.15, 0.2) is 0 Å². The van der Waals surface area contributed by atoms with E-state index in [-0.39, 0.29) is 11.8 Å². The molecule has 1 atom stereocenters. The van der Waals surface area contributed by atoms with Gasteiger partial charge in [0.1, 0.15) is 0 Å². The van der Waals surface area contributed by atoms with E-state index < -0.39 is 0 Å². The van der Waals surface area contributed by atoms with Crippen LogP contribution in [0.1, 0.15) is 36.3 Å². The molecule has 2 aromatic carbocycles. The molecule has 1 fully saturated rings. The van der Waals surface area contributed by atoms with E-state index in [2.05, 4.69) is 44.6 Å². The molecule has 0 saturated carbocycles. The number of benzene rings is 2. The molecule has 1 amide bonds. The van der Waals surface area contributed by atoms with Crippen LogP contribution in [0.15, 0.2) is 59.1 Å². The highest BCUT2D eigenvalue weighted by molar-refractivity contribution is 5.78. The maximum absolute atomic E-state index is 12.6. The molecule has 162 valence electrons. The van der Waals surface area contributed by atoms with Crippen LogP contribution in [0.5, 0.6) is 0 Å². The molecule has 3 aromatic rings. The van der Waals surface area contributed by atoms with Crippen molar-refractivity contribution in [3.63, 3.8) is 0 Å². The number of likely N-dealkylation sites (tertiary alicyclic amines) is 1. The fourth-order valence-electron chi connectivity index (χ4n) is 4.15. The Morgan fingerprint density at radius 1 is 1.16 bits per heavy atom. The quantitative estimate of drug-likeness (QED) is 0.560. The number of carbonyl (C=O) groups excluding carboxylic acids is 1. The molecule has 1 unspecified atom stereocenters. The van der Waals surface area contributed by atoms with Gasteiger partial charge in [-0.2, -0.15) is 4.98 Å². The number of aromatic nitrogens is 2. The zero-order valence-electron chi connectivity index (χ0n) is 18.1. The molecule has 0 spiro atoms. The Kier molecular flexibility index (Phi) is 7.10. The van der Waals surface area contributed by atoms with E-state index in [1.54, 1.807) is 0 Å². The van der Waals surface area contributed by atoms with Gasteiger partial charge in [0, 0.05) is 18.7 Å². The Hall–Kier alpha value is -2.99. The zero-order valence-corrected chi connectivity index (χ0v) is 18.1. The van der Waals surface area contributed by atoms with Gasteiger partial charge in [-0.3, -0.25) is 9.69 Å². The van der Waals surface area contributed by atoms with Crippen molar-refractivity contribution >= 4 is 5.91 Å². The van der Waals surface area contributed by atoms with Crippen molar-refractivity contribution in [1.29, 1.82) is 0 Å². The van der Waals surface area contributed by atoms with Crippen LogP contribution in [-0.4, -0.2) is 40.6 Å². The Bertz CT molecular complexity index is 986. The van der Waals surface area contributed by atoms with Gasteiger partial charge in [0.05, 0.1) is 12.5 Å². The minimum absolute atomic E-state index is 0.0178. The van der Waals surface area contributed by atoms with Crippen LogP contribution < -0.4 is 5.32 Å². The van der Waals surface area contributed by atoms with Gasteiger partial charge >= 0.3 is 0 Å². The van der Waals surface area contributed by atoms with E-state index >= 15 is 0 Å². The summed E-state index contributed by atoms with van der Waals surface area (Å²) in [7, 11) is 0. The summed E-state index contributed by atoms with van der Waals surface area (Å²) < 4.78 is 5.49. The normalized spacial score (nSPS) is 16.9. The average molecular weight is 419 g/mol. The van der Waals surface area contributed by atoms with E-state index in [1.165, 1.54) is 5.56 Å². The highest BCUT2D eigenvalue weighted by atomic mass is 16.5. The number of nitrogens with one attached hydrogen (secondary N) is 1. The maximum atomic E-state index is 12.6. The van der Waals surface area contributed by atoms with E-state index in [4.69, 9.17) is 4.52 Å². The molecule has 1 aliphatic heterocycles. The van der Waals surface area contributed by atoms with Crippen LogP contribution in [0.3, 0.4) is 0 Å². The van der Waals surface area contributed by atoms with Crippen LogP contribution in [0.4, 0.5) is 0 Å². The smallest absolute Gasteiger partial charge is 0.241 e. The van der Waals surface area contributed by atoms with Gasteiger partial charge in [0.25, 0.3) is 0 Å². The van der Waals surface area contributed by atoms with Gasteiger partial charge in [-0.15, -0.1) is 0 Å². The lowest BCUT2D eigenvalue weighted by molar-refractivity contribution is -0.126. The number of piperidine rings is 1. The lowest BCUT2D eigenvalue weighted by atomic mass is 9.97. The molecule has 0 radical (unpaired) electrons. The molecule has 0 aliphatic carbocycles. The number of carbonyl (C=O) groups is 1. The number of amides is 1. The van der Waals surface area contributed by atoms with Crippen LogP contribution in [0, 0.1) is 12.8 Å². The lowest BCUT2D eigenvalue weighted by Gasteiger charge is -2.30. The van der Waals surface area contributed by atoms with Gasteiger partial charge < -0.3 is 9.84 Å². The number of aryl methyl sites for hydroxylation is 2. The highest BCUT2D eigenvalue weighted by Gasteiger charge is 2.26. The first-order chi connectivity index (χ1) is 15.2. The minimum Gasteiger partial charge on any atom is -0.356 e. The molecule has 1 aliphatic rings. The van der Waals surface area contributed by atoms with Crippen molar-refractivity contribution < 1.29 is 9.32 Å². The Morgan fingerprint density at radius 3 is 2.81 bits per heavy atom. The van der Waals surface area contributed by atoms with E-state index in [1.807, 2.05) is 37.3 Å². The Balaban J connectivity index is 1.25. The molecule has 6 heteroatoms. The standard InChI is InChI=1S/C25H30N4O2/c1-19-9-5-6-14-22(19)24-27-23(31-28-24)18-29-16-8-13-21(17-29)25(30)26-15-7-12-20-10-3-2-4-11-20/h2-6,9-11,14,21H,7-8,12-13,15-18H2,1H3,(H,26,30). The maximum Gasteiger partial charge on any atom is 0.241 e. The molecule has 0 bridgehead atoms. The molecule has 6 nitrogen and oxygen atoms in total. The Morgan fingerprint density at radius 2 is 1.97 bits per heavy atom. The summed E-state index contributed by atoms with van der Waals surface area (Å²) in [5, 5.41) is 7.27. The van der Waals surface area contributed by atoms with Crippen molar-refractivity contribution in [3.05, 3.63) is 71.6 Å². The van der Waals surface area contributed by atoms with Gasteiger partial charge in [-0.1, -0.05) is 59.8 Å². The topological polar surface area (TPSA) is 71.3 Å². The monoisotopic (exact) mass is 418 g/mol. The zero-order chi connectivity index (χ0) is 21.5. The summed E-state index contributed by atoms with van der Waals surface area (Å²) in [6.45, 7) is 5.01. The van der Waals surface area contributed by atoms with Gasteiger partial charge in [-0.05, 0) is 50.3 Å². The summed E-state index contributed by atoms with van der Waals surface area (Å²) in [6, 6.07) is 18.4. The molecule has 1 saturated heterocycles. The molecule has 31 heavy (non-hydrogen) atoms. The van der Waals surface area contributed by atoms with Crippen molar-refractivity contribution in [3.8, 4) is 11.4 Å². The van der Waals surface area contributed by atoms with Crippen molar-refractivity contribution in [2.75, 3.05) is 19.6 Å². The third-order valence-corrected chi connectivity index (χ3v) is 5.87. The number of nitrogens with zero attached hydrogens (tertiary/aromatic N) is 3. The molecule has 1 aromatic heterocycles. The van der Waals surface area contributed by atoms with Crippen LogP contribution >= 0.6 is 0 Å². The lowest BCUT2D eigenvalue weighted by Crippen LogP contribution is -2.43. The second-order valence-electron chi connectivity index (χ2n) is 8.28. The van der Waals surface area contributed by atoms with Crippen molar-refractivity contribution in [2.24, 2.45) is 5.92 Å². The third kappa shape index (κ3) is 5.79. The predicted octanol–water partition coefficient (Wildman–Crippen LogP) is 4.01. The number of hydrogen-bond acceptors (Lipinski definition) is 5. The third-order valence-electron chi connectivity index (χ3n) is 5.87. The number of rotatable bonds is 8. The molecule has 4 rings (SSSR count). The van der Waals surface area contributed by atoms with Crippen molar-refractivity contribution in [2.45, 2.75) is 39.2 Å². The summed E-state index contributed by atoms with van der Waals surface area (Å²) >= 11 is 0. The fraction of sp³-hybridized carbons (Fsp3) is 0.400. The van der Waals surface area contributed by atoms with E-state index in [0.29, 0.717) is 24.8 Å². The van der Waals surface area contributed by atoms with E-state index in [9.17, 15) is 4.79 Å². The predicted molar refractivity (Wildman–Crippen MR) is 120 cm³/mol. The first-order valence-corrected chi connectivity index (χ1v) is 11.1. The number of hydrogen-bond donors (Lipinski definition) is 1. The van der Waals surface area contributed by atoms with Gasteiger partial charge in [0.2, 0.25) is 17.6 Å². The summed E-state index contributed by atoms with van der Waals surface area (Å²) in [6.07, 6.45) is 3.87. The second-order valence-corrected chi connectivity index (χ2v) is 8.28. The van der Waals surface area contributed by atoms with Crippen molar-refractivity contribution in [1.82, 2.24) is 20.4 Å². The molecule has 2 heterocycles. The SMILES string of the molecule is Cc1ccccc1-c1noc(CN2CCCC(C(=O)NCCCc3ccccc3)C2)n1. The molecule has 1 N–H and O–H groups in total. The van der Waals surface area contributed by atoms with Crippen LogP contribution in [-0.2, 0) is 17.8 Å². The van der Waals surface area contributed by atoms with Crippen LogP contribution in [0.2, 0.25) is 0 Å². The first kappa shape index (κ1) is 21.2. The van der Waals surface area contributed by atoms with Gasteiger partial charge in [-0.25, -0.2) is 0 Å². The molecular formula is C25H30N4O2. The van der Waals surface area contributed by atoms with E-state index in [0.717, 1.165) is 49.9 Å². The van der Waals surface area contributed by atoms with Crippen LogP contribution in [0.25, 0.3) is 11.4 Å². The highest BCUT2D eigenvalue weighted by Crippen LogP contribution is 2.22. The summed E-state index contributed by atoms with van der Waals surface area (Å²) in [5.41, 5.74) is 3.42. The summed E-state index contributed by atoms with van der Waals surface area (Å²) in [4.78, 5) is 19.5. The average Bonchev–Trinajstić information content (AvgIpc) is 3.26. The first-order valence-electron chi connectivity index (χ1n) is 11.1.